The standard InChI is InChI=1S/C16H17N5O4/c1-9(16(23)19-7-11-3-4-18-8-20-11)14(17)10-5-12(21-24)15(22)13(6-10)25-2/h3-6,8,22H,7,17H2,1-2H3,(H,19,23)/b14-9-. The number of ether oxygens (including phenoxy) is 1. The number of nitrogens with zero attached hydrogens (tertiary/aromatic N) is 3. The smallest absolute Gasteiger partial charge is 0.249 e. The van der Waals surface area contributed by atoms with Crippen molar-refractivity contribution in [2.24, 2.45) is 10.9 Å². The largest absolute Gasteiger partial charge is 0.503 e. The van der Waals surface area contributed by atoms with E-state index in [0.717, 1.165) is 0 Å². The lowest BCUT2D eigenvalue weighted by Crippen LogP contribution is -2.25. The first-order valence-corrected chi connectivity index (χ1v) is 7.22. The first-order valence-electron chi connectivity index (χ1n) is 7.22. The summed E-state index contributed by atoms with van der Waals surface area (Å²) in [4.78, 5) is 30.9. The van der Waals surface area contributed by atoms with Gasteiger partial charge in [0.15, 0.2) is 17.2 Å². The van der Waals surface area contributed by atoms with Crippen LogP contribution in [0.2, 0.25) is 0 Å². The second-order valence-electron chi connectivity index (χ2n) is 5.06. The summed E-state index contributed by atoms with van der Waals surface area (Å²) >= 11 is 0. The molecule has 1 aromatic carbocycles. The van der Waals surface area contributed by atoms with Gasteiger partial charge in [0.25, 0.3) is 0 Å². The van der Waals surface area contributed by atoms with Gasteiger partial charge in [-0.15, -0.1) is 4.91 Å². The third kappa shape index (κ3) is 4.08. The van der Waals surface area contributed by atoms with Crippen LogP contribution in [-0.4, -0.2) is 28.1 Å². The number of methoxy groups -OCH3 is 1. The summed E-state index contributed by atoms with van der Waals surface area (Å²) in [5.41, 5.74) is 7.13. The third-order valence-electron chi connectivity index (χ3n) is 3.50. The average Bonchev–Trinajstić information content (AvgIpc) is 2.65. The van der Waals surface area contributed by atoms with Crippen molar-refractivity contribution in [1.82, 2.24) is 15.3 Å². The van der Waals surface area contributed by atoms with Gasteiger partial charge in [-0.1, -0.05) is 0 Å². The number of nitrogens with two attached hydrogens (primary N) is 1. The second-order valence-corrected chi connectivity index (χ2v) is 5.06. The maximum absolute atomic E-state index is 12.2. The number of phenols is 1. The number of phenolic OH excluding ortho intramolecular Hbond substituents is 1. The van der Waals surface area contributed by atoms with Gasteiger partial charge in [-0.25, -0.2) is 9.97 Å². The minimum Gasteiger partial charge on any atom is -0.503 e. The van der Waals surface area contributed by atoms with E-state index in [1.807, 2.05) is 0 Å². The molecule has 0 aliphatic heterocycles. The lowest BCUT2D eigenvalue weighted by molar-refractivity contribution is -0.117. The van der Waals surface area contributed by atoms with E-state index < -0.39 is 5.91 Å². The molecule has 9 heteroatoms. The maximum Gasteiger partial charge on any atom is 0.249 e. The highest BCUT2D eigenvalue weighted by molar-refractivity contribution is 6.00. The first kappa shape index (κ1) is 17.9. The third-order valence-corrected chi connectivity index (χ3v) is 3.50. The van der Waals surface area contributed by atoms with Gasteiger partial charge >= 0.3 is 0 Å². The van der Waals surface area contributed by atoms with Crippen molar-refractivity contribution < 1.29 is 14.6 Å². The maximum atomic E-state index is 12.2. The number of nitrogens with one attached hydrogen (secondary N) is 1. The molecule has 0 atom stereocenters. The molecule has 0 saturated carbocycles. The van der Waals surface area contributed by atoms with Crippen molar-refractivity contribution in [3.63, 3.8) is 0 Å². The van der Waals surface area contributed by atoms with Crippen LogP contribution in [0.4, 0.5) is 5.69 Å². The number of aromatic nitrogens is 2. The molecule has 1 amide bonds. The van der Waals surface area contributed by atoms with Crippen LogP contribution in [0.3, 0.4) is 0 Å². The van der Waals surface area contributed by atoms with Crippen LogP contribution in [0, 0.1) is 4.91 Å². The molecule has 0 spiro atoms. The number of aromatic hydroxyl groups is 1. The minimum atomic E-state index is -0.399. The molecule has 25 heavy (non-hydrogen) atoms. The summed E-state index contributed by atoms with van der Waals surface area (Å²) in [5.74, 6) is -0.757. The van der Waals surface area contributed by atoms with E-state index in [9.17, 15) is 14.8 Å². The van der Waals surface area contributed by atoms with Gasteiger partial charge < -0.3 is 20.9 Å². The number of carbonyl (C=O) groups excluding carboxylic acids is 1. The number of hydrogen-bond donors (Lipinski definition) is 3. The summed E-state index contributed by atoms with van der Waals surface area (Å²) in [5, 5.41) is 15.2. The van der Waals surface area contributed by atoms with E-state index in [0.29, 0.717) is 11.3 Å². The van der Waals surface area contributed by atoms with E-state index >= 15 is 0 Å². The van der Waals surface area contributed by atoms with Crippen LogP contribution >= 0.6 is 0 Å². The molecule has 1 aromatic heterocycles. The van der Waals surface area contributed by atoms with E-state index in [1.165, 1.54) is 32.5 Å². The van der Waals surface area contributed by atoms with E-state index in [4.69, 9.17) is 10.5 Å². The van der Waals surface area contributed by atoms with Gasteiger partial charge in [-0.2, -0.15) is 0 Å². The predicted octanol–water partition coefficient (Wildman–Crippen LogP) is 1.59. The zero-order valence-corrected chi connectivity index (χ0v) is 13.7. The number of amides is 1. The van der Waals surface area contributed by atoms with Gasteiger partial charge in [0.1, 0.15) is 6.33 Å². The monoisotopic (exact) mass is 343 g/mol. The zero-order chi connectivity index (χ0) is 18.4. The molecule has 0 fully saturated rings. The Labute approximate surface area is 143 Å². The molecule has 0 bridgehead atoms. The number of benzene rings is 1. The van der Waals surface area contributed by atoms with Gasteiger partial charge in [0.05, 0.1) is 19.3 Å². The van der Waals surface area contributed by atoms with Crippen molar-refractivity contribution in [1.29, 1.82) is 0 Å². The molecule has 1 heterocycles. The molecule has 0 unspecified atom stereocenters. The Bertz CT molecular complexity index is 821. The average molecular weight is 343 g/mol. The molecule has 0 aliphatic rings. The molecule has 2 aromatic rings. The fraction of sp³-hybridized carbons (Fsp3) is 0.188. The second kappa shape index (κ2) is 7.86. The van der Waals surface area contributed by atoms with E-state index in [-0.39, 0.29) is 35.0 Å². The van der Waals surface area contributed by atoms with Crippen molar-refractivity contribution in [2.75, 3.05) is 7.11 Å². The SMILES string of the molecule is COc1cc(/C(N)=C(\C)C(=O)NCc2ccncn2)cc(N=O)c1O. The summed E-state index contributed by atoms with van der Waals surface area (Å²) < 4.78 is 4.98. The lowest BCUT2D eigenvalue weighted by Gasteiger charge is -2.12. The number of hydrogen-bond acceptors (Lipinski definition) is 8. The van der Waals surface area contributed by atoms with E-state index in [1.54, 1.807) is 12.3 Å². The fourth-order valence-electron chi connectivity index (χ4n) is 2.04. The Morgan fingerprint density at radius 3 is 2.80 bits per heavy atom. The Balaban J connectivity index is 2.25. The van der Waals surface area contributed by atoms with Gasteiger partial charge in [0.2, 0.25) is 5.91 Å². The Morgan fingerprint density at radius 2 is 2.20 bits per heavy atom. The lowest BCUT2D eigenvalue weighted by atomic mass is 10.1. The van der Waals surface area contributed by atoms with Crippen LogP contribution in [0.15, 0.2) is 41.5 Å². The number of rotatable bonds is 6. The van der Waals surface area contributed by atoms with Crippen LogP contribution < -0.4 is 15.8 Å². The molecular formula is C16H17N5O4. The Morgan fingerprint density at radius 1 is 1.44 bits per heavy atom. The molecule has 2 rings (SSSR count). The van der Waals surface area contributed by atoms with Crippen LogP contribution in [-0.2, 0) is 11.3 Å². The molecule has 4 N–H and O–H groups in total. The van der Waals surface area contributed by atoms with Crippen LogP contribution in [0.5, 0.6) is 11.5 Å². The topological polar surface area (TPSA) is 140 Å². The van der Waals surface area contributed by atoms with E-state index in [2.05, 4.69) is 20.5 Å². The van der Waals surface area contributed by atoms with Crippen molar-refractivity contribution in [2.45, 2.75) is 13.5 Å². The molecule has 130 valence electrons. The van der Waals surface area contributed by atoms with Gasteiger partial charge in [-0.05, 0) is 30.3 Å². The first-order chi connectivity index (χ1) is 12.0. The van der Waals surface area contributed by atoms with Crippen molar-refractivity contribution in [3.05, 3.63) is 52.5 Å². The highest BCUT2D eigenvalue weighted by Crippen LogP contribution is 2.38. The summed E-state index contributed by atoms with van der Waals surface area (Å²) in [6.07, 6.45) is 2.96. The number of carbonyl (C=O) groups is 1. The molecule has 0 aliphatic carbocycles. The number of nitroso groups, excluding NO2 is 1. The van der Waals surface area contributed by atoms with Gasteiger partial charge in [-0.3, -0.25) is 4.79 Å². The van der Waals surface area contributed by atoms with Crippen LogP contribution in [0.25, 0.3) is 5.70 Å². The highest BCUT2D eigenvalue weighted by atomic mass is 16.5. The highest BCUT2D eigenvalue weighted by Gasteiger charge is 2.16. The Hall–Kier alpha value is -3.49. The van der Waals surface area contributed by atoms with Crippen LogP contribution in [0.1, 0.15) is 18.2 Å². The predicted molar refractivity (Wildman–Crippen MR) is 90.8 cm³/mol. The summed E-state index contributed by atoms with van der Waals surface area (Å²) in [7, 11) is 1.33. The molecular weight excluding hydrogens is 326 g/mol. The summed E-state index contributed by atoms with van der Waals surface area (Å²) in [6, 6.07) is 4.37. The van der Waals surface area contributed by atoms with Crippen molar-refractivity contribution >= 4 is 17.3 Å². The quantitative estimate of drug-likeness (QED) is 0.534. The summed E-state index contributed by atoms with van der Waals surface area (Å²) in [6.45, 7) is 1.75. The zero-order valence-electron chi connectivity index (χ0n) is 13.7. The molecule has 0 saturated heterocycles. The minimum absolute atomic E-state index is 0.0317. The Kier molecular flexibility index (Phi) is 5.62. The van der Waals surface area contributed by atoms with Crippen molar-refractivity contribution in [3.8, 4) is 11.5 Å². The fourth-order valence-corrected chi connectivity index (χ4v) is 2.04. The molecule has 9 nitrogen and oxygen atoms in total. The normalized spacial score (nSPS) is 11.4. The molecule has 0 radical (unpaired) electrons. The van der Waals surface area contributed by atoms with Gasteiger partial charge in [0, 0.05) is 23.0 Å².